The van der Waals surface area contributed by atoms with Crippen molar-refractivity contribution in [2.45, 2.75) is 84.7 Å². The normalized spacial score (nSPS) is 48.4. The SMILES string of the molecule is CC.CC12CCC3C4CCC(O)CC4CCC3C1CCC2C(=O)CO. The lowest BCUT2D eigenvalue weighted by atomic mass is 9.49. The van der Waals surface area contributed by atoms with E-state index in [2.05, 4.69) is 6.92 Å². The van der Waals surface area contributed by atoms with Crippen LogP contribution in [0.25, 0.3) is 0 Å². The molecule has 144 valence electrons. The summed E-state index contributed by atoms with van der Waals surface area (Å²) >= 11 is 0. The van der Waals surface area contributed by atoms with E-state index in [4.69, 9.17) is 0 Å². The number of fused-ring (bicyclic) bond motifs is 5. The summed E-state index contributed by atoms with van der Waals surface area (Å²) < 4.78 is 0. The van der Waals surface area contributed by atoms with Crippen LogP contribution in [-0.4, -0.2) is 28.7 Å². The van der Waals surface area contributed by atoms with Crippen LogP contribution in [0.3, 0.4) is 0 Å². The van der Waals surface area contributed by atoms with Gasteiger partial charge in [0.15, 0.2) is 5.78 Å². The van der Waals surface area contributed by atoms with E-state index >= 15 is 0 Å². The second-order valence-electron chi connectivity index (χ2n) is 9.20. The molecule has 0 aromatic carbocycles. The Balaban J connectivity index is 0.000000880. The third kappa shape index (κ3) is 3.20. The van der Waals surface area contributed by atoms with Crippen molar-refractivity contribution < 1.29 is 15.0 Å². The van der Waals surface area contributed by atoms with Crippen molar-refractivity contribution in [1.29, 1.82) is 0 Å². The number of aliphatic hydroxyl groups is 2. The van der Waals surface area contributed by atoms with Gasteiger partial charge in [0.05, 0.1) is 6.10 Å². The molecule has 0 bridgehead atoms. The van der Waals surface area contributed by atoms with Crippen LogP contribution in [0.2, 0.25) is 0 Å². The average Bonchev–Trinajstić information content (AvgIpc) is 2.99. The summed E-state index contributed by atoms with van der Waals surface area (Å²) in [6.07, 6.45) is 10.4. The van der Waals surface area contributed by atoms with Crippen molar-refractivity contribution in [2.24, 2.45) is 40.9 Å². The molecule has 3 nitrogen and oxygen atoms in total. The molecule has 8 unspecified atom stereocenters. The van der Waals surface area contributed by atoms with Gasteiger partial charge in [-0.3, -0.25) is 4.79 Å². The molecule has 4 rings (SSSR count). The third-order valence-electron chi connectivity index (χ3n) is 8.47. The van der Waals surface area contributed by atoms with Crippen LogP contribution in [0.5, 0.6) is 0 Å². The van der Waals surface area contributed by atoms with Crippen LogP contribution in [0.15, 0.2) is 0 Å². The molecule has 25 heavy (non-hydrogen) atoms. The highest BCUT2D eigenvalue weighted by Crippen LogP contribution is 2.64. The summed E-state index contributed by atoms with van der Waals surface area (Å²) in [5.74, 6) is 4.08. The first-order valence-corrected chi connectivity index (χ1v) is 10.9. The molecule has 8 atom stereocenters. The summed E-state index contributed by atoms with van der Waals surface area (Å²) in [7, 11) is 0. The zero-order chi connectivity index (χ0) is 18.2. The highest BCUT2D eigenvalue weighted by Gasteiger charge is 2.58. The van der Waals surface area contributed by atoms with Crippen molar-refractivity contribution in [3.05, 3.63) is 0 Å². The van der Waals surface area contributed by atoms with E-state index in [-0.39, 0.29) is 29.8 Å². The van der Waals surface area contributed by atoms with Crippen molar-refractivity contribution in [3.63, 3.8) is 0 Å². The number of carbonyl (C=O) groups excluding carboxylic acids is 1. The summed E-state index contributed by atoms with van der Waals surface area (Å²) in [5, 5.41) is 19.3. The van der Waals surface area contributed by atoms with Crippen molar-refractivity contribution in [1.82, 2.24) is 0 Å². The molecule has 0 radical (unpaired) electrons. The molecule has 0 spiro atoms. The number of Topliss-reactive ketones (excluding diaryl/α,β-unsaturated/α-hetero) is 1. The molecule has 4 saturated carbocycles. The largest absolute Gasteiger partial charge is 0.393 e. The minimum Gasteiger partial charge on any atom is -0.393 e. The van der Waals surface area contributed by atoms with Crippen LogP contribution < -0.4 is 0 Å². The van der Waals surface area contributed by atoms with Crippen LogP contribution in [0.4, 0.5) is 0 Å². The highest BCUT2D eigenvalue weighted by molar-refractivity contribution is 5.83. The first kappa shape index (κ1) is 19.4. The van der Waals surface area contributed by atoms with Gasteiger partial charge in [-0.05, 0) is 92.8 Å². The second-order valence-corrected chi connectivity index (χ2v) is 9.20. The van der Waals surface area contributed by atoms with Gasteiger partial charge in [-0.15, -0.1) is 0 Å². The number of hydrogen-bond acceptors (Lipinski definition) is 3. The fourth-order valence-electron chi connectivity index (χ4n) is 7.47. The number of carbonyl (C=O) groups is 1. The average molecular weight is 351 g/mol. The van der Waals surface area contributed by atoms with Crippen LogP contribution in [0.1, 0.15) is 78.6 Å². The topological polar surface area (TPSA) is 57.5 Å². The Hall–Kier alpha value is -0.410. The van der Waals surface area contributed by atoms with E-state index in [0.29, 0.717) is 5.92 Å². The smallest absolute Gasteiger partial charge is 0.161 e. The fourth-order valence-corrected chi connectivity index (χ4v) is 7.47. The molecule has 4 aliphatic carbocycles. The maximum Gasteiger partial charge on any atom is 0.161 e. The summed E-state index contributed by atoms with van der Waals surface area (Å²) in [6.45, 7) is 6.07. The molecule has 0 amide bonds. The fraction of sp³-hybridized carbons (Fsp3) is 0.955. The van der Waals surface area contributed by atoms with Gasteiger partial charge in [-0.1, -0.05) is 20.8 Å². The lowest BCUT2D eigenvalue weighted by Gasteiger charge is -2.56. The number of rotatable bonds is 2. The van der Waals surface area contributed by atoms with Crippen molar-refractivity contribution in [3.8, 4) is 0 Å². The Morgan fingerprint density at radius 3 is 2.40 bits per heavy atom. The molecular weight excluding hydrogens is 312 g/mol. The zero-order valence-corrected chi connectivity index (χ0v) is 16.4. The molecule has 0 saturated heterocycles. The lowest BCUT2D eigenvalue weighted by molar-refractivity contribution is -0.133. The van der Waals surface area contributed by atoms with Gasteiger partial charge < -0.3 is 10.2 Å². The van der Waals surface area contributed by atoms with E-state index in [1.54, 1.807) is 0 Å². The molecule has 4 aliphatic rings. The third-order valence-corrected chi connectivity index (χ3v) is 8.47. The maximum absolute atomic E-state index is 12.2. The van der Waals surface area contributed by atoms with E-state index < -0.39 is 0 Å². The maximum atomic E-state index is 12.2. The first-order chi connectivity index (χ1) is 12.0. The van der Waals surface area contributed by atoms with Gasteiger partial charge in [0, 0.05) is 5.92 Å². The zero-order valence-electron chi connectivity index (χ0n) is 16.4. The Bertz CT molecular complexity index is 476. The molecule has 0 aromatic rings. The van der Waals surface area contributed by atoms with Gasteiger partial charge >= 0.3 is 0 Å². The Morgan fingerprint density at radius 1 is 0.960 bits per heavy atom. The minimum atomic E-state index is -0.274. The van der Waals surface area contributed by atoms with Gasteiger partial charge in [0.25, 0.3) is 0 Å². The van der Waals surface area contributed by atoms with E-state index in [0.717, 1.165) is 42.9 Å². The standard InChI is InChI=1S/C20H32O3.C2H6/c1-20-9-8-15-14-5-3-13(22)10-12(14)2-4-16(15)17(20)6-7-18(20)19(23)11-21;1-2/h12-18,21-22H,2-11H2,1H3;1-2H3. The van der Waals surface area contributed by atoms with Crippen LogP contribution in [-0.2, 0) is 4.79 Å². The summed E-state index contributed by atoms with van der Waals surface area (Å²) in [6, 6.07) is 0. The molecule has 0 aromatic heterocycles. The van der Waals surface area contributed by atoms with E-state index in [1.807, 2.05) is 13.8 Å². The number of hydrogen-bond donors (Lipinski definition) is 2. The van der Waals surface area contributed by atoms with Gasteiger partial charge in [-0.2, -0.15) is 0 Å². The minimum absolute atomic E-state index is 0.0558. The van der Waals surface area contributed by atoms with Crippen molar-refractivity contribution >= 4 is 5.78 Å². The van der Waals surface area contributed by atoms with Crippen LogP contribution >= 0.6 is 0 Å². The molecule has 0 aliphatic heterocycles. The monoisotopic (exact) mass is 350 g/mol. The molecule has 0 heterocycles. The van der Waals surface area contributed by atoms with Crippen LogP contribution in [0, 0.1) is 40.9 Å². The first-order valence-electron chi connectivity index (χ1n) is 10.9. The lowest BCUT2D eigenvalue weighted by Crippen LogP contribution is -2.49. The number of ketones is 1. The summed E-state index contributed by atoms with van der Waals surface area (Å²) in [5.41, 5.74) is 0.141. The van der Waals surface area contributed by atoms with Crippen molar-refractivity contribution in [2.75, 3.05) is 6.61 Å². The van der Waals surface area contributed by atoms with Gasteiger partial charge in [0.1, 0.15) is 6.61 Å². The van der Waals surface area contributed by atoms with E-state index in [1.165, 1.54) is 38.5 Å². The predicted octanol–water partition coefficient (Wildman–Crippen LogP) is 4.20. The summed E-state index contributed by atoms with van der Waals surface area (Å²) in [4.78, 5) is 12.2. The molecule has 4 fully saturated rings. The van der Waals surface area contributed by atoms with Gasteiger partial charge in [-0.25, -0.2) is 0 Å². The Morgan fingerprint density at radius 2 is 1.68 bits per heavy atom. The van der Waals surface area contributed by atoms with E-state index in [9.17, 15) is 15.0 Å². The number of aliphatic hydroxyl groups excluding tert-OH is 2. The molecular formula is C22H38O3. The van der Waals surface area contributed by atoms with Gasteiger partial charge in [0.2, 0.25) is 0 Å². The predicted molar refractivity (Wildman–Crippen MR) is 100 cm³/mol. The highest BCUT2D eigenvalue weighted by atomic mass is 16.3. The second kappa shape index (κ2) is 7.68. The Kier molecular flexibility index (Phi) is 5.95. The molecule has 3 heteroatoms. The quantitative estimate of drug-likeness (QED) is 0.784. The molecule has 2 N–H and O–H groups in total. The Labute approximate surface area is 153 Å².